The third-order valence-electron chi connectivity index (χ3n) is 3.19. The van der Waals surface area contributed by atoms with Crippen molar-refractivity contribution in [3.05, 3.63) is 0 Å². The fraction of sp³-hybridized carbons (Fsp3) is 1.00. The first-order valence-electron chi connectivity index (χ1n) is 6.08. The van der Waals surface area contributed by atoms with Crippen LogP contribution in [0.3, 0.4) is 0 Å². The van der Waals surface area contributed by atoms with Gasteiger partial charge in [0.1, 0.15) is 0 Å². The van der Waals surface area contributed by atoms with Crippen molar-refractivity contribution in [2.24, 2.45) is 5.73 Å². The van der Waals surface area contributed by atoms with Gasteiger partial charge in [-0.25, -0.2) is 21.6 Å². The first-order valence-corrected chi connectivity index (χ1v) is 9.79. The highest BCUT2D eigenvalue weighted by Crippen LogP contribution is 2.27. The van der Waals surface area contributed by atoms with Crippen LogP contribution in [0.5, 0.6) is 0 Å². The number of rotatable bonds is 5. The molecule has 0 atom stereocenters. The van der Waals surface area contributed by atoms with Gasteiger partial charge in [0.05, 0.1) is 0 Å². The zero-order valence-electron chi connectivity index (χ0n) is 10.7. The molecule has 0 saturated heterocycles. The summed E-state index contributed by atoms with van der Waals surface area (Å²) in [5.74, 6) is 0. The third kappa shape index (κ3) is 5.21. The lowest BCUT2D eigenvalue weighted by atomic mass is 9.92. The Labute approximate surface area is 109 Å². The smallest absolute Gasteiger partial charge is 0.226 e. The molecule has 108 valence electrons. The summed E-state index contributed by atoms with van der Waals surface area (Å²) >= 11 is 0. The van der Waals surface area contributed by atoms with Gasteiger partial charge in [-0.1, -0.05) is 25.7 Å². The maximum atomic E-state index is 11.8. The van der Waals surface area contributed by atoms with Crippen molar-refractivity contribution in [2.45, 2.75) is 44.1 Å². The largest absolute Gasteiger partial charge is 0.329 e. The fourth-order valence-electron chi connectivity index (χ4n) is 2.39. The molecule has 0 unspecified atom stereocenters. The van der Waals surface area contributed by atoms with Gasteiger partial charge < -0.3 is 5.73 Å². The van der Waals surface area contributed by atoms with E-state index in [0.29, 0.717) is 12.8 Å². The summed E-state index contributed by atoms with van der Waals surface area (Å²) in [7, 11) is -7.41. The van der Waals surface area contributed by atoms with Crippen LogP contribution in [0.1, 0.15) is 38.5 Å². The van der Waals surface area contributed by atoms with Crippen molar-refractivity contribution < 1.29 is 16.8 Å². The van der Waals surface area contributed by atoms with Crippen LogP contribution in [0.2, 0.25) is 0 Å². The Hall–Kier alpha value is -0.180. The normalized spacial score (nSPS) is 21.4. The molecule has 0 bridgehead atoms. The SMILES string of the molecule is CS(=O)(=O)CS(=O)(=O)NC1(CN)CCCCCC1. The summed E-state index contributed by atoms with van der Waals surface area (Å²) in [6, 6.07) is 0. The lowest BCUT2D eigenvalue weighted by Crippen LogP contribution is -2.54. The van der Waals surface area contributed by atoms with Gasteiger partial charge in [0.25, 0.3) is 0 Å². The summed E-state index contributed by atoms with van der Waals surface area (Å²) in [6.45, 7) is 0.204. The minimum absolute atomic E-state index is 0.204. The predicted octanol–water partition coefficient (Wildman–Crippen LogP) is -0.0404. The molecule has 0 amide bonds. The summed E-state index contributed by atoms with van der Waals surface area (Å²) in [5, 5.41) is -0.873. The number of nitrogens with one attached hydrogen (secondary N) is 1. The van der Waals surface area contributed by atoms with Crippen molar-refractivity contribution in [1.82, 2.24) is 4.72 Å². The summed E-state index contributed by atoms with van der Waals surface area (Å²) in [6.07, 6.45) is 6.22. The molecule has 0 heterocycles. The van der Waals surface area contributed by atoms with Crippen molar-refractivity contribution in [3.63, 3.8) is 0 Å². The summed E-state index contributed by atoms with van der Waals surface area (Å²) in [5.41, 5.74) is 5.04. The van der Waals surface area contributed by atoms with Gasteiger partial charge in [-0.3, -0.25) is 0 Å². The van der Waals surface area contributed by atoms with E-state index in [9.17, 15) is 16.8 Å². The molecule has 1 fully saturated rings. The van der Waals surface area contributed by atoms with Crippen molar-refractivity contribution in [3.8, 4) is 0 Å². The second kappa shape index (κ2) is 5.85. The molecular formula is C10H22N2O4S2. The summed E-state index contributed by atoms with van der Waals surface area (Å²) in [4.78, 5) is 0. The van der Waals surface area contributed by atoms with Crippen LogP contribution in [-0.4, -0.2) is 40.3 Å². The number of sulfone groups is 1. The highest BCUT2D eigenvalue weighted by molar-refractivity contribution is 8.06. The molecule has 0 aliphatic heterocycles. The van der Waals surface area contributed by atoms with Crippen LogP contribution in [0.25, 0.3) is 0 Å². The Kier molecular flexibility index (Phi) is 5.16. The topological polar surface area (TPSA) is 106 Å². The Morgan fingerprint density at radius 3 is 1.94 bits per heavy atom. The van der Waals surface area contributed by atoms with Crippen molar-refractivity contribution >= 4 is 19.9 Å². The van der Waals surface area contributed by atoms with Gasteiger partial charge in [0, 0.05) is 18.3 Å². The molecule has 1 aliphatic rings. The van der Waals surface area contributed by atoms with Crippen LogP contribution >= 0.6 is 0 Å². The van der Waals surface area contributed by atoms with Crippen LogP contribution in [-0.2, 0) is 19.9 Å². The second-order valence-electron chi connectivity index (χ2n) is 5.16. The second-order valence-corrected chi connectivity index (χ2v) is 9.39. The van der Waals surface area contributed by atoms with E-state index in [4.69, 9.17) is 5.73 Å². The number of sulfonamides is 1. The Morgan fingerprint density at radius 1 is 1.06 bits per heavy atom. The Balaban J connectivity index is 2.84. The molecule has 0 aromatic carbocycles. The van der Waals surface area contributed by atoms with Gasteiger partial charge in [-0.2, -0.15) is 0 Å². The van der Waals surface area contributed by atoms with Gasteiger partial charge in [-0.05, 0) is 12.8 Å². The average Bonchev–Trinajstić information content (AvgIpc) is 2.39. The standard InChI is InChI=1S/C10H22N2O4S2/c1-17(13,14)9-18(15,16)12-10(8-11)6-4-2-3-5-7-10/h12H,2-9,11H2,1H3. The van der Waals surface area contributed by atoms with Gasteiger partial charge >= 0.3 is 0 Å². The van der Waals surface area contributed by atoms with E-state index >= 15 is 0 Å². The molecule has 0 radical (unpaired) electrons. The van der Waals surface area contributed by atoms with Crippen molar-refractivity contribution in [1.29, 1.82) is 0 Å². The maximum Gasteiger partial charge on any atom is 0.226 e. The number of hydrogen-bond acceptors (Lipinski definition) is 5. The van der Waals surface area contributed by atoms with E-state index in [1.165, 1.54) is 0 Å². The third-order valence-corrected chi connectivity index (χ3v) is 6.89. The van der Waals surface area contributed by atoms with Crippen LogP contribution in [0, 0.1) is 0 Å². The quantitative estimate of drug-likeness (QED) is 0.693. The molecule has 1 saturated carbocycles. The van der Waals surface area contributed by atoms with Gasteiger partial charge in [0.15, 0.2) is 14.9 Å². The molecule has 6 nitrogen and oxygen atoms in total. The minimum Gasteiger partial charge on any atom is -0.329 e. The van der Waals surface area contributed by atoms with E-state index in [1.54, 1.807) is 0 Å². The first-order chi connectivity index (χ1) is 8.18. The van der Waals surface area contributed by atoms with E-state index < -0.39 is 30.5 Å². The first kappa shape index (κ1) is 15.9. The molecule has 8 heteroatoms. The van der Waals surface area contributed by atoms with Crippen LogP contribution < -0.4 is 10.5 Å². The predicted molar refractivity (Wildman–Crippen MR) is 71.3 cm³/mol. The van der Waals surface area contributed by atoms with Crippen LogP contribution in [0.15, 0.2) is 0 Å². The summed E-state index contributed by atoms with van der Waals surface area (Å²) < 4.78 is 48.4. The molecule has 0 spiro atoms. The van der Waals surface area contributed by atoms with Crippen molar-refractivity contribution in [2.75, 3.05) is 17.9 Å². The zero-order valence-corrected chi connectivity index (χ0v) is 12.3. The van der Waals surface area contributed by atoms with Gasteiger partial charge in [0.2, 0.25) is 10.0 Å². The Bertz CT molecular complexity index is 462. The molecular weight excluding hydrogens is 276 g/mol. The minimum atomic E-state index is -3.84. The lowest BCUT2D eigenvalue weighted by molar-refractivity contribution is 0.343. The fourth-order valence-corrected chi connectivity index (χ4v) is 5.83. The zero-order chi connectivity index (χ0) is 13.9. The highest BCUT2D eigenvalue weighted by Gasteiger charge is 2.34. The molecule has 1 rings (SSSR count). The molecule has 0 aromatic heterocycles. The van der Waals surface area contributed by atoms with E-state index in [-0.39, 0.29) is 6.54 Å². The monoisotopic (exact) mass is 298 g/mol. The van der Waals surface area contributed by atoms with E-state index in [1.807, 2.05) is 0 Å². The molecule has 1 aliphatic carbocycles. The molecule has 0 aromatic rings. The Morgan fingerprint density at radius 2 is 1.56 bits per heavy atom. The molecule has 3 N–H and O–H groups in total. The van der Waals surface area contributed by atoms with E-state index in [0.717, 1.165) is 31.9 Å². The maximum absolute atomic E-state index is 11.8. The van der Waals surface area contributed by atoms with Gasteiger partial charge in [-0.15, -0.1) is 0 Å². The number of hydrogen-bond donors (Lipinski definition) is 2. The van der Waals surface area contributed by atoms with E-state index in [2.05, 4.69) is 4.72 Å². The lowest BCUT2D eigenvalue weighted by Gasteiger charge is -2.32. The van der Waals surface area contributed by atoms with Crippen LogP contribution in [0.4, 0.5) is 0 Å². The highest BCUT2D eigenvalue weighted by atomic mass is 32.3. The molecule has 18 heavy (non-hydrogen) atoms. The number of nitrogens with two attached hydrogens (primary N) is 1. The average molecular weight is 298 g/mol.